The summed E-state index contributed by atoms with van der Waals surface area (Å²) in [7, 11) is 0. The van der Waals surface area contributed by atoms with E-state index in [1.54, 1.807) is 24.5 Å². The first-order chi connectivity index (χ1) is 9.36. The van der Waals surface area contributed by atoms with Gasteiger partial charge < -0.3 is 4.42 Å². The number of benzene rings is 1. The number of nitrogens with zero attached hydrogens (tertiary/aromatic N) is 2. The lowest BCUT2D eigenvalue weighted by molar-refractivity contribution is 0.110. The van der Waals surface area contributed by atoms with Gasteiger partial charge in [0.15, 0.2) is 12.0 Å². The molecular weight excluding hydrogens is 240 g/mol. The molecule has 2 aromatic heterocycles. The van der Waals surface area contributed by atoms with E-state index in [1.807, 2.05) is 24.3 Å². The molecule has 0 aliphatic carbocycles. The summed E-state index contributed by atoms with van der Waals surface area (Å²) >= 11 is 0. The molecule has 19 heavy (non-hydrogen) atoms. The van der Waals surface area contributed by atoms with E-state index in [2.05, 4.69) is 9.97 Å². The number of hydrogen-bond donors (Lipinski definition) is 0. The first-order valence-corrected chi connectivity index (χ1v) is 5.77. The van der Waals surface area contributed by atoms with Crippen LogP contribution < -0.4 is 0 Å². The number of furan rings is 1. The monoisotopic (exact) mass is 250 g/mol. The van der Waals surface area contributed by atoms with Gasteiger partial charge in [0, 0.05) is 23.5 Å². The number of aromatic nitrogens is 2. The molecule has 0 unspecified atom stereocenters. The Bertz CT molecular complexity index is 688. The highest BCUT2D eigenvalue weighted by molar-refractivity contribution is 5.73. The van der Waals surface area contributed by atoms with Gasteiger partial charge in [0.25, 0.3) is 0 Å². The van der Waals surface area contributed by atoms with Gasteiger partial charge in [0.1, 0.15) is 12.1 Å². The molecule has 0 spiro atoms. The third-order valence-electron chi connectivity index (χ3n) is 2.81. The second-order valence-corrected chi connectivity index (χ2v) is 4.02. The van der Waals surface area contributed by atoms with Gasteiger partial charge in [-0.15, -0.1) is 0 Å². The highest BCUT2D eigenvalue weighted by Crippen LogP contribution is 2.25. The number of aldehydes is 1. The molecule has 0 bridgehead atoms. The van der Waals surface area contributed by atoms with Crippen LogP contribution in [0.4, 0.5) is 0 Å². The van der Waals surface area contributed by atoms with E-state index < -0.39 is 0 Å². The maximum atomic E-state index is 10.6. The number of carbonyl (C=O) groups excluding carboxylic acids is 1. The molecular formula is C15H10N2O2. The average Bonchev–Trinajstić information content (AvgIpc) is 2.97. The van der Waals surface area contributed by atoms with Gasteiger partial charge in [-0.05, 0) is 17.7 Å². The smallest absolute Gasteiger partial charge is 0.185 e. The second-order valence-electron chi connectivity index (χ2n) is 4.02. The Morgan fingerprint density at radius 3 is 2.16 bits per heavy atom. The van der Waals surface area contributed by atoms with Crippen LogP contribution in [0, 0.1) is 0 Å². The molecule has 3 aromatic rings. The number of rotatable bonds is 3. The van der Waals surface area contributed by atoms with E-state index in [0.717, 1.165) is 16.7 Å². The second kappa shape index (κ2) is 4.86. The fraction of sp³-hybridized carbons (Fsp3) is 0. The third kappa shape index (κ3) is 2.28. The van der Waals surface area contributed by atoms with Gasteiger partial charge in [0.05, 0.1) is 0 Å². The van der Waals surface area contributed by atoms with Crippen LogP contribution in [0.25, 0.3) is 22.5 Å². The van der Waals surface area contributed by atoms with Gasteiger partial charge in [-0.2, -0.15) is 0 Å². The van der Waals surface area contributed by atoms with Crippen LogP contribution in [0.2, 0.25) is 0 Å². The minimum Gasteiger partial charge on any atom is -0.453 e. The topological polar surface area (TPSA) is 56.0 Å². The van der Waals surface area contributed by atoms with Crippen LogP contribution >= 0.6 is 0 Å². The summed E-state index contributed by atoms with van der Waals surface area (Å²) in [5.74, 6) is 1.01. The Labute approximate surface area is 109 Å². The standard InChI is InChI=1S/C15H10N2O2/c18-9-14-5-6-15(19-14)12-3-1-11(2-4-12)13-7-16-10-17-8-13/h1-10H. The molecule has 4 heteroatoms. The molecule has 0 saturated heterocycles. The van der Waals surface area contributed by atoms with Gasteiger partial charge in [0.2, 0.25) is 0 Å². The molecule has 0 saturated carbocycles. The lowest BCUT2D eigenvalue weighted by atomic mass is 10.1. The Hall–Kier alpha value is -2.75. The summed E-state index contributed by atoms with van der Waals surface area (Å²) in [5, 5.41) is 0. The first-order valence-electron chi connectivity index (χ1n) is 5.77. The van der Waals surface area contributed by atoms with E-state index in [1.165, 1.54) is 6.33 Å². The molecule has 2 heterocycles. The molecule has 0 fully saturated rings. The van der Waals surface area contributed by atoms with Crippen molar-refractivity contribution in [1.29, 1.82) is 0 Å². The molecule has 0 N–H and O–H groups in total. The largest absolute Gasteiger partial charge is 0.453 e. The minimum absolute atomic E-state index is 0.329. The minimum atomic E-state index is 0.329. The molecule has 3 rings (SSSR count). The Morgan fingerprint density at radius 2 is 1.53 bits per heavy atom. The van der Waals surface area contributed by atoms with Crippen molar-refractivity contribution in [2.75, 3.05) is 0 Å². The zero-order valence-corrected chi connectivity index (χ0v) is 9.98. The average molecular weight is 250 g/mol. The van der Waals surface area contributed by atoms with Gasteiger partial charge >= 0.3 is 0 Å². The lowest BCUT2D eigenvalue weighted by Crippen LogP contribution is -1.82. The van der Waals surface area contributed by atoms with Crippen LogP contribution in [0.5, 0.6) is 0 Å². The normalized spacial score (nSPS) is 10.3. The van der Waals surface area contributed by atoms with Crippen LogP contribution in [-0.2, 0) is 0 Å². The maximum Gasteiger partial charge on any atom is 0.185 e. The zero-order chi connectivity index (χ0) is 13.1. The summed E-state index contributed by atoms with van der Waals surface area (Å²) in [4.78, 5) is 18.6. The van der Waals surface area contributed by atoms with Crippen LogP contribution in [-0.4, -0.2) is 16.3 Å². The summed E-state index contributed by atoms with van der Waals surface area (Å²) in [6, 6.07) is 11.3. The summed E-state index contributed by atoms with van der Waals surface area (Å²) in [5.41, 5.74) is 2.92. The van der Waals surface area contributed by atoms with Crippen molar-refractivity contribution in [3.8, 4) is 22.5 Å². The Kier molecular flexibility index (Phi) is 2.90. The molecule has 0 amide bonds. The number of hydrogen-bond acceptors (Lipinski definition) is 4. The Balaban J connectivity index is 1.92. The molecule has 0 aliphatic heterocycles. The van der Waals surface area contributed by atoms with Crippen LogP contribution in [0.3, 0.4) is 0 Å². The van der Waals surface area contributed by atoms with Crippen molar-refractivity contribution in [3.63, 3.8) is 0 Å². The summed E-state index contributed by atoms with van der Waals surface area (Å²) < 4.78 is 5.37. The highest BCUT2D eigenvalue weighted by atomic mass is 16.3. The van der Waals surface area contributed by atoms with Crippen LogP contribution in [0.15, 0.2) is 59.5 Å². The molecule has 0 aliphatic rings. The van der Waals surface area contributed by atoms with E-state index >= 15 is 0 Å². The van der Waals surface area contributed by atoms with Crippen molar-refractivity contribution in [2.45, 2.75) is 0 Å². The van der Waals surface area contributed by atoms with Crippen molar-refractivity contribution in [1.82, 2.24) is 9.97 Å². The first kappa shape index (κ1) is 11.3. The molecule has 92 valence electrons. The van der Waals surface area contributed by atoms with E-state index in [-0.39, 0.29) is 0 Å². The quantitative estimate of drug-likeness (QED) is 0.670. The van der Waals surface area contributed by atoms with E-state index in [9.17, 15) is 4.79 Å². The van der Waals surface area contributed by atoms with E-state index in [4.69, 9.17) is 4.42 Å². The van der Waals surface area contributed by atoms with Gasteiger partial charge in [-0.1, -0.05) is 24.3 Å². The van der Waals surface area contributed by atoms with Gasteiger partial charge in [-0.25, -0.2) is 9.97 Å². The fourth-order valence-corrected chi connectivity index (χ4v) is 1.85. The third-order valence-corrected chi connectivity index (χ3v) is 2.81. The van der Waals surface area contributed by atoms with E-state index in [0.29, 0.717) is 17.8 Å². The lowest BCUT2D eigenvalue weighted by Gasteiger charge is -2.01. The van der Waals surface area contributed by atoms with Crippen molar-refractivity contribution in [2.24, 2.45) is 0 Å². The Morgan fingerprint density at radius 1 is 0.842 bits per heavy atom. The molecule has 0 radical (unpaired) electrons. The summed E-state index contributed by atoms with van der Waals surface area (Å²) in [6.07, 6.45) is 5.72. The predicted octanol–water partition coefficient (Wildman–Crippen LogP) is 3.22. The van der Waals surface area contributed by atoms with Crippen molar-refractivity contribution < 1.29 is 9.21 Å². The molecule has 1 aromatic carbocycles. The van der Waals surface area contributed by atoms with Gasteiger partial charge in [-0.3, -0.25) is 4.79 Å². The van der Waals surface area contributed by atoms with Crippen LogP contribution in [0.1, 0.15) is 10.6 Å². The maximum absolute atomic E-state index is 10.6. The fourth-order valence-electron chi connectivity index (χ4n) is 1.85. The molecule has 4 nitrogen and oxygen atoms in total. The van der Waals surface area contributed by atoms with Crippen molar-refractivity contribution in [3.05, 3.63) is 60.9 Å². The number of carbonyl (C=O) groups is 1. The highest BCUT2D eigenvalue weighted by Gasteiger charge is 2.04. The van der Waals surface area contributed by atoms with Crippen molar-refractivity contribution >= 4 is 6.29 Å². The molecule has 0 atom stereocenters. The SMILES string of the molecule is O=Cc1ccc(-c2ccc(-c3cncnc3)cc2)o1. The summed E-state index contributed by atoms with van der Waals surface area (Å²) in [6.45, 7) is 0. The zero-order valence-electron chi connectivity index (χ0n) is 9.98. The predicted molar refractivity (Wildman–Crippen MR) is 70.6 cm³/mol.